The monoisotopic (exact) mass is 170 g/mol. The van der Waals surface area contributed by atoms with Crippen LogP contribution < -0.4 is 11.3 Å². The van der Waals surface area contributed by atoms with Crippen molar-refractivity contribution in [3.05, 3.63) is 0 Å². The number of amides is 1. The molecule has 0 aromatic carbocycles. The Balaban J connectivity index is 4.22. The first kappa shape index (κ1) is 10.2. The van der Waals surface area contributed by atoms with Crippen molar-refractivity contribution in [2.45, 2.75) is 12.8 Å². The van der Waals surface area contributed by atoms with Crippen LogP contribution in [0.15, 0.2) is 0 Å². The Morgan fingerprint density at radius 3 is 2.45 bits per heavy atom. The van der Waals surface area contributed by atoms with Crippen LogP contribution in [-0.4, -0.2) is 18.5 Å². The van der Waals surface area contributed by atoms with Crippen LogP contribution in [-0.2, 0) is 4.79 Å². The smallest absolute Gasteiger partial charge is 0.287 e. The molecule has 0 aromatic heterocycles. The van der Waals surface area contributed by atoms with Crippen molar-refractivity contribution in [3.63, 3.8) is 0 Å². The van der Waals surface area contributed by atoms with Crippen LogP contribution in [0, 0.1) is 5.92 Å². The van der Waals surface area contributed by atoms with Crippen LogP contribution >= 0.6 is 0 Å². The molecule has 0 aromatic rings. The molecule has 1 atom stereocenters. The molecule has 0 aliphatic carbocycles. The maximum absolute atomic E-state index is 12.3. The average molecular weight is 170 g/mol. The molecule has 0 heterocycles. The van der Waals surface area contributed by atoms with Gasteiger partial charge in [0, 0.05) is 0 Å². The van der Waals surface area contributed by atoms with E-state index in [4.69, 9.17) is 0 Å². The summed E-state index contributed by atoms with van der Waals surface area (Å²) in [5.41, 5.74) is 1.52. The van der Waals surface area contributed by atoms with Crippen molar-refractivity contribution in [3.8, 4) is 0 Å². The number of alkyl halides is 3. The SMILES string of the molecule is CC(C(=O)NN)C(F)(F)CF. The number of hydrogen-bond donors (Lipinski definition) is 2. The molecule has 6 heteroatoms. The first-order valence-electron chi connectivity index (χ1n) is 2.90. The zero-order valence-electron chi connectivity index (χ0n) is 5.90. The van der Waals surface area contributed by atoms with Crippen molar-refractivity contribution in [2.75, 3.05) is 6.67 Å². The quantitative estimate of drug-likeness (QED) is 0.361. The molecule has 3 N–H and O–H groups in total. The largest absolute Gasteiger partial charge is 0.294 e. The van der Waals surface area contributed by atoms with Crippen molar-refractivity contribution in [2.24, 2.45) is 11.8 Å². The summed E-state index contributed by atoms with van der Waals surface area (Å²) in [5, 5.41) is 0. The summed E-state index contributed by atoms with van der Waals surface area (Å²) in [4.78, 5) is 10.4. The molecule has 1 unspecified atom stereocenters. The van der Waals surface area contributed by atoms with Gasteiger partial charge in [-0.25, -0.2) is 19.0 Å². The summed E-state index contributed by atoms with van der Waals surface area (Å²) in [6.07, 6.45) is 0. The van der Waals surface area contributed by atoms with Gasteiger partial charge in [-0.2, -0.15) is 0 Å². The van der Waals surface area contributed by atoms with Gasteiger partial charge in [0.25, 0.3) is 5.92 Å². The van der Waals surface area contributed by atoms with Crippen molar-refractivity contribution in [1.82, 2.24) is 5.43 Å². The molecule has 0 saturated carbocycles. The van der Waals surface area contributed by atoms with E-state index in [1.54, 1.807) is 0 Å². The molecule has 11 heavy (non-hydrogen) atoms. The van der Waals surface area contributed by atoms with Crippen molar-refractivity contribution < 1.29 is 18.0 Å². The number of hydrogen-bond acceptors (Lipinski definition) is 2. The van der Waals surface area contributed by atoms with Gasteiger partial charge in [-0.3, -0.25) is 10.2 Å². The van der Waals surface area contributed by atoms with Gasteiger partial charge in [0.15, 0.2) is 6.67 Å². The summed E-state index contributed by atoms with van der Waals surface area (Å²) in [6.45, 7) is -0.955. The predicted molar refractivity (Wildman–Crippen MR) is 32.4 cm³/mol. The van der Waals surface area contributed by atoms with Crippen molar-refractivity contribution in [1.29, 1.82) is 0 Å². The molecule has 0 bridgehead atoms. The first-order valence-corrected chi connectivity index (χ1v) is 2.90. The zero-order valence-corrected chi connectivity index (χ0v) is 5.90. The van der Waals surface area contributed by atoms with E-state index in [0.717, 1.165) is 6.92 Å². The molecular formula is C5H9F3N2O. The third-order valence-electron chi connectivity index (χ3n) is 1.35. The summed E-state index contributed by atoms with van der Waals surface area (Å²) >= 11 is 0. The highest BCUT2D eigenvalue weighted by Crippen LogP contribution is 2.24. The van der Waals surface area contributed by atoms with E-state index in [-0.39, 0.29) is 0 Å². The lowest BCUT2D eigenvalue weighted by Crippen LogP contribution is -2.43. The summed E-state index contributed by atoms with van der Waals surface area (Å²) in [5.74, 6) is -1.88. The maximum Gasteiger partial charge on any atom is 0.287 e. The number of carbonyl (C=O) groups is 1. The molecular weight excluding hydrogens is 161 g/mol. The molecule has 3 nitrogen and oxygen atoms in total. The molecule has 0 rings (SSSR count). The van der Waals surface area contributed by atoms with Gasteiger partial charge in [-0.1, -0.05) is 0 Å². The number of carbonyl (C=O) groups excluding carboxylic acids is 1. The maximum atomic E-state index is 12.3. The van der Waals surface area contributed by atoms with Crippen LogP contribution in [0.25, 0.3) is 0 Å². The molecule has 66 valence electrons. The van der Waals surface area contributed by atoms with E-state index < -0.39 is 24.4 Å². The number of rotatable bonds is 3. The van der Waals surface area contributed by atoms with E-state index in [2.05, 4.69) is 5.84 Å². The van der Waals surface area contributed by atoms with Crippen LogP contribution in [0.1, 0.15) is 6.92 Å². The molecule has 1 amide bonds. The minimum atomic E-state index is -3.64. The number of halogens is 3. The molecule has 0 aliphatic rings. The lowest BCUT2D eigenvalue weighted by atomic mass is 10.0. The predicted octanol–water partition coefficient (Wildman–Crippen LogP) is 0.217. The Labute approximate surface area is 61.7 Å². The second-order valence-corrected chi connectivity index (χ2v) is 2.12. The minimum Gasteiger partial charge on any atom is -0.294 e. The van der Waals surface area contributed by atoms with Crippen LogP contribution in [0.4, 0.5) is 13.2 Å². The molecule has 0 radical (unpaired) electrons. The third-order valence-corrected chi connectivity index (χ3v) is 1.35. The Morgan fingerprint density at radius 1 is 1.73 bits per heavy atom. The Morgan fingerprint density at radius 2 is 2.18 bits per heavy atom. The van der Waals surface area contributed by atoms with Gasteiger partial charge in [0.2, 0.25) is 5.91 Å². The van der Waals surface area contributed by atoms with Crippen LogP contribution in [0.5, 0.6) is 0 Å². The number of hydrazine groups is 1. The van der Waals surface area contributed by atoms with E-state index in [0.29, 0.717) is 0 Å². The highest BCUT2D eigenvalue weighted by molar-refractivity contribution is 5.78. The fourth-order valence-electron chi connectivity index (χ4n) is 0.433. The van der Waals surface area contributed by atoms with Gasteiger partial charge < -0.3 is 0 Å². The molecule has 0 aliphatic heterocycles. The lowest BCUT2D eigenvalue weighted by Gasteiger charge is -2.18. The van der Waals surface area contributed by atoms with Crippen LogP contribution in [0.3, 0.4) is 0 Å². The Kier molecular flexibility index (Phi) is 3.31. The molecule has 0 spiro atoms. The highest BCUT2D eigenvalue weighted by Gasteiger charge is 2.40. The van der Waals surface area contributed by atoms with Gasteiger partial charge in [0.05, 0.1) is 0 Å². The highest BCUT2D eigenvalue weighted by atomic mass is 19.3. The van der Waals surface area contributed by atoms with Gasteiger partial charge in [0.1, 0.15) is 5.92 Å². The average Bonchev–Trinajstić information content (AvgIpc) is 2.01. The number of nitrogens with one attached hydrogen (secondary N) is 1. The van der Waals surface area contributed by atoms with Crippen LogP contribution in [0.2, 0.25) is 0 Å². The second-order valence-electron chi connectivity index (χ2n) is 2.12. The fourth-order valence-corrected chi connectivity index (χ4v) is 0.433. The standard InChI is InChI=1S/C5H9F3N2O/c1-3(4(11)10-9)5(7,8)2-6/h3H,2,9H2,1H3,(H,10,11). The van der Waals surface area contributed by atoms with E-state index in [1.807, 2.05) is 0 Å². The molecule has 0 fully saturated rings. The van der Waals surface area contributed by atoms with Gasteiger partial charge in [-0.05, 0) is 6.92 Å². The third kappa shape index (κ3) is 2.38. The summed E-state index contributed by atoms with van der Waals surface area (Å²) < 4.78 is 36.1. The van der Waals surface area contributed by atoms with E-state index in [9.17, 15) is 18.0 Å². The summed E-state index contributed by atoms with van der Waals surface area (Å²) in [6, 6.07) is 0. The number of nitrogens with two attached hydrogens (primary N) is 1. The van der Waals surface area contributed by atoms with Gasteiger partial charge in [-0.15, -0.1) is 0 Å². The van der Waals surface area contributed by atoms with Crippen molar-refractivity contribution >= 4 is 5.91 Å². The summed E-state index contributed by atoms with van der Waals surface area (Å²) in [7, 11) is 0. The Bertz CT molecular complexity index is 151. The normalized spacial score (nSPS) is 14.3. The lowest BCUT2D eigenvalue weighted by molar-refractivity contribution is -0.140. The van der Waals surface area contributed by atoms with E-state index in [1.165, 1.54) is 5.43 Å². The minimum absolute atomic E-state index is 0.905. The Hall–Kier alpha value is -0.780. The molecule has 0 saturated heterocycles. The zero-order chi connectivity index (χ0) is 9.07. The topological polar surface area (TPSA) is 55.1 Å². The second kappa shape index (κ2) is 3.56. The fraction of sp³-hybridized carbons (Fsp3) is 0.800. The first-order chi connectivity index (χ1) is 4.95. The van der Waals surface area contributed by atoms with Gasteiger partial charge >= 0.3 is 0 Å². The van der Waals surface area contributed by atoms with E-state index >= 15 is 0 Å².